The first-order valence-corrected chi connectivity index (χ1v) is 8.79. The van der Waals surface area contributed by atoms with E-state index in [9.17, 15) is 9.90 Å². The van der Waals surface area contributed by atoms with E-state index in [1.54, 1.807) is 31.0 Å². The SMILES string of the molecule is Cn1cc([C@](C)(O)CNC(=O)N[C@H]2CCCCc3ccccc32)cn1. The highest BCUT2D eigenvalue weighted by atomic mass is 16.3. The van der Waals surface area contributed by atoms with Crippen molar-refractivity contribution < 1.29 is 9.90 Å². The number of aliphatic hydroxyl groups is 1. The third-order valence-electron chi connectivity index (χ3n) is 4.84. The molecular formula is C19H26N4O2. The topological polar surface area (TPSA) is 79.2 Å². The summed E-state index contributed by atoms with van der Waals surface area (Å²) in [5.41, 5.74) is 2.03. The summed E-state index contributed by atoms with van der Waals surface area (Å²) < 4.78 is 1.63. The van der Waals surface area contributed by atoms with Gasteiger partial charge in [0.25, 0.3) is 0 Å². The molecule has 0 radical (unpaired) electrons. The molecule has 1 aliphatic carbocycles. The van der Waals surface area contributed by atoms with Gasteiger partial charge in [-0.1, -0.05) is 30.7 Å². The van der Waals surface area contributed by atoms with Crippen molar-refractivity contribution in [2.75, 3.05) is 6.54 Å². The number of aryl methyl sites for hydroxylation is 2. The highest BCUT2D eigenvalue weighted by molar-refractivity contribution is 5.74. The van der Waals surface area contributed by atoms with Gasteiger partial charge in [0.05, 0.1) is 18.8 Å². The second-order valence-corrected chi connectivity index (χ2v) is 7.00. The van der Waals surface area contributed by atoms with Gasteiger partial charge in [-0.25, -0.2) is 4.79 Å². The summed E-state index contributed by atoms with van der Waals surface area (Å²) in [6, 6.07) is 8.06. The number of urea groups is 1. The number of carbonyl (C=O) groups is 1. The number of carbonyl (C=O) groups excluding carboxylic acids is 1. The van der Waals surface area contributed by atoms with Crippen LogP contribution in [0.3, 0.4) is 0 Å². The van der Waals surface area contributed by atoms with Crippen molar-refractivity contribution in [1.82, 2.24) is 20.4 Å². The third kappa shape index (κ3) is 4.20. The first kappa shape index (κ1) is 17.5. The van der Waals surface area contributed by atoms with Crippen LogP contribution in [0.5, 0.6) is 0 Å². The Morgan fingerprint density at radius 3 is 2.96 bits per heavy atom. The molecular weight excluding hydrogens is 316 g/mol. The molecule has 1 heterocycles. The highest BCUT2D eigenvalue weighted by Crippen LogP contribution is 2.28. The molecule has 1 aromatic heterocycles. The number of rotatable bonds is 4. The molecule has 2 atom stereocenters. The van der Waals surface area contributed by atoms with Crippen LogP contribution in [-0.2, 0) is 19.1 Å². The van der Waals surface area contributed by atoms with Gasteiger partial charge in [-0.2, -0.15) is 5.10 Å². The average molecular weight is 342 g/mol. The van der Waals surface area contributed by atoms with Gasteiger partial charge in [0.15, 0.2) is 0 Å². The lowest BCUT2D eigenvalue weighted by atomic mass is 9.99. The minimum atomic E-state index is -1.16. The van der Waals surface area contributed by atoms with Crippen LogP contribution in [0.15, 0.2) is 36.7 Å². The lowest BCUT2D eigenvalue weighted by Gasteiger charge is -2.24. The smallest absolute Gasteiger partial charge is 0.315 e. The standard InChI is InChI=1S/C19H26N4O2/c1-19(25,15-11-21-23(2)12-15)13-20-18(24)22-17-10-6-4-8-14-7-3-5-9-16(14)17/h3,5,7,9,11-12,17,25H,4,6,8,10,13H2,1-2H3,(H2,20,22,24)/t17-,19+/m0/s1. The third-order valence-corrected chi connectivity index (χ3v) is 4.84. The Labute approximate surface area is 148 Å². The quantitative estimate of drug-likeness (QED) is 0.747. The molecule has 1 aliphatic rings. The summed E-state index contributed by atoms with van der Waals surface area (Å²) in [6.07, 6.45) is 7.59. The van der Waals surface area contributed by atoms with Crippen LogP contribution in [0, 0.1) is 0 Å². The monoisotopic (exact) mass is 342 g/mol. The van der Waals surface area contributed by atoms with E-state index >= 15 is 0 Å². The maximum Gasteiger partial charge on any atom is 0.315 e. The zero-order valence-corrected chi connectivity index (χ0v) is 14.8. The van der Waals surface area contributed by atoms with Gasteiger partial charge in [0, 0.05) is 18.8 Å². The van der Waals surface area contributed by atoms with E-state index in [4.69, 9.17) is 0 Å². The molecule has 0 spiro atoms. The van der Waals surface area contributed by atoms with Gasteiger partial charge >= 0.3 is 6.03 Å². The Morgan fingerprint density at radius 1 is 1.40 bits per heavy atom. The van der Waals surface area contributed by atoms with Crippen molar-refractivity contribution in [3.8, 4) is 0 Å². The van der Waals surface area contributed by atoms with Crippen LogP contribution < -0.4 is 10.6 Å². The van der Waals surface area contributed by atoms with E-state index in [-0.39, 0.29) is 18.6 Å². The fourth-order valence-corrected chi connectivity index (χ4v) is 3.33. The van der Waals surface area contributed by atoms with E-state index in [0.29, 0.717) is 5.56 Å². The number of fused-ring (bicyclic) bond motifs is 1. The maximum absolute atomic E-state index is 12.4. The van der Waals surface area contributed by atoms with Gasteiger partial charge < -0.3 is 15.7 Å². The fraction of sp³-hybridized carbons (Fsp3) is 0.474. The van der Waals surface area contributed by atoms with Crippen molar-refractivity contribution in [3.05, 3.63) is 53.3 Å². The molecule has 0 bridgehead atoms. The molecule has 6 heteroatoms. The molecule has 0 unspecified atom stereocenters. The Balaban J connectivity index is 1.61. The van der Waals surface area contributed by atoms with E-state index in [2.05, 4.69) is 27.9 Å². The van der Waals surface area contributed by atoms with Crippen molar-refractivity contribution >= 4 is 6.03 Å². The second-order valence-electron chi connectivity index (χ2n) is 7.00. The number of nitrogens with one attached hydrogen (secondary N) is 2. The first-order valence-electron chi connectivity index (χ1n) is 8.79. The Hall–Kier alpha value is -2.34. The number of hydrogen-bond acceptors (Lipinski definition) is 3. The molecule has 25 heavy (non-hydrogen) atoms. The van der Waals surface area contributed by atoms with E-state index in [0.717, 1.165) is 25.7 Å². The van der Waals surface area contributed by atoms with E-state index in [1.807, 2.05) is 12.1 Å². The predicted molar refractivity (Wildman–Crippen MR) is 96.1 cm³/mol. The van der Waals surface area contributed by atoms with Gasteiger partial charge in [-0.05, 0) is 37.3 Å². The average Bonchev–Trinajstić information content (AvgIpc) is 2.94. The summed E-state index contributed by atoms with van der Waals surface area (Å²) in [7, 11) is 1.79. The molecule has 3 N–H and O–H groups in total. The lowest BCUT2D eigenvalue weighted by molar-refractivity contribution is 0.0591. The summed E-state index contributed by atoms with van der Waals surface area (Å²) >= 11 is 0. The fourth-order valence-electron chi connectivity index (χ4n) is 3.33. The van der Waals surface area contributed by atoms with Gasteiger partial charge in [-0.15, -0.1) is 0 Å². The number of nitrogens with zero attached hydrogens (tertiary/aromatic N) is 2. The van der Waals surface area contributed by atoms with Crippen molar-refractivity contribution in [1.29, 1.82) is 0 Å². The molecule has 3 rings (SSSR count). The molecule has 0 saturated carbocycles. The van der Waals surface area contributed by atoms with Gasteiger partial charge in [0.1, 0.15) is 5.60 Å². The van der Waals surface area contributed by atoms with Crippen molar-refractivity contribution in [3.63, 3.8) is 0 Å². The van der Waals surface area contributed by atoms with E-state index in [1.165, 1.54) is 11.1 Å². The molecule has 0 fully saturated rings. The number of aromatic nitrogens is 2. The van der Waals surface area contributed by atoms with Crippen LogP contribution in [-0.4, -0.2) is 27.5 Å². The minimum absolute atomic E-state index is 0.0158. The lowest BCUT2D eigenvalue weighted by Crippen LogP contribution is -2.44. The first-order chi connectivity index (χ1) is 12.0. The van der Waals surface area contributed by atoms with Crippen molar-refractivity contribution in [2.45, 2.75) is 44.2 Å². The molecule has 6 nitrogen and oxygen atoms in total. The Morgan fingerprint density at radius 2 is 2.20 bits per heavy atom. The van der Waals surface area contributed by atoms with E-state index < -0.39 is 5.60 Å². The number of hydrogen-bond donors (Lipinski definition) is 3. The van der Waals surface area contributed by atoms with Crippen LogP contribution >= 0.6 is 0 Å². The molecule has 0 aliphatic heterocycles. The number of benzene rings is 1. The van der Waals surface area contributed by atoms with Crippen LogP contribution in [0.2, 0.25) is 0 Å². The highest BCUT2D eigenvalue weighted by Gasteiger charge is 2.26. The minimum Gasteiger partial charge on any atom is -0.383 e. The summed E-state index contributed by atoms with van der Waals surface area (Å²) in [4.78, 5) is 12.4. The summed E-state index contributed by atoms with van der Waals surface area (Å²) in [5, 5.41) is 20.5. The zero-order chi connectivity index (χ0) is 17.9. The molecule has 2 aromatic rings. The largest absolute Gasteiger partial charge is 0.383 e. The second kappa shape index (κ2) is 7.27. The molecule has 2 amide bonds. The van der Waals surface area contributed by atoms with Crippen molar-refractivity contribution in [2.24, 2.45) is 7.05 Å². The van der Waals surface area contributed by atoms with Crippen LogP contribution in [0.25, 0.3) is 0 Å². The summed E-state index contributed by atoms with van der Waals surface area (Å²) in [6.45, 7) is 1.80. The zero-order valence-electron chi connectivity index (χ0n) is 14.8. The summed E-state index contributed by atoms with van der Waals surface area (Å²) in [5.74, 6) is 0. The van der Waals surface area contributed by atoms with Gasteiger partial charge in [0.2, 0.25) is 0 Å². The maximum atomic E-state index is 12.4. The molecule has 134 valence electrons. The Bertz CT molecular complexity index is 739. The van der Waals surface area contributed by atoms with Gasteiger partial charge in [-0.3, -0.25) is 4.68 Å². The number of amides is 2. The van der Waals surface area contributed by atoms with Crippen LogP contribution in [0.1, 0.15) is 48.9 Å². The predicted octanol–water partition coefficient (Wildman–Crippen LogP) is 2.39. The Kier molecular flexibility index (Phi) is 5.08. The molecule has 0 saturated heterocycles. The normalized spacial score (nSPS) is 19.4. The molecule has 1 aromatic carbocycles. The van der Waals surface area contributed by atoms with Crippen LogP contribution in [0.4, 0.5) is 4.79 Å².